The van der Waals surface area contributed by atoms with E-state index in [4.69, 9.17) is 4.74 Å². The molecule has 2 fully saturated rings. The van der Waals surface area contributed by atoms with Crippen molar-refractivity contribution in [3.63, 3.8) is 0 Å². The minimum absolute atomic E-state index is 0.881. The third-order valence-electron chi connectivity index (χ3n) is 11.4. The average molecular weight is 511 g/mol. The zero-order valence-electron chi connectivity index (χ0n) is 25.3. The van der Waals surface area contributed by atoms with Crippen molar-refractivity contribution < 1.29 is 4.74 Å². The highest BCUT2D eigenvalue weighted by molar-refractivity contribution is 5.09. The van der Waals surface area contributed by atoms with Gasteiger partial charge in [0.2, 0.25) is 0 Å². The van der Waals surface area contributed by atoms with Crippen molar-refractivity contribution in [1.82, 2.24) is 0 Å². The van der Waals surface area contributed by atoms with Gasteiger partial charge in [-0.25, -0.2) is 0 Å². The first-order chi connectivity index (χ1) is 18.0. The molecule has 1 nitrogen and oxygen atoms in total. The number of hydrogen-bond acceptors (Lipinski definition) is 1. The lowest BCUT2D eigenvalue weighted by Crippen LogP contribution is -2.19. The summed E-state index contributed by atoms with van der Waals surface area (Å²) in [6.45, 7) is 11.4. The lowest BCUT2D eigenvalue weighted by Gasteiger charge is -2.32. The molecular weight excluding hydrogens is 448 g/mol. The van der Waals surface area contributed by atoms with Gasteiger partial charge >= 0.3 is 0 Å². The van der Waals surface area contributed by atoms with Gasteiger partial charge in [0.1, 0.15) is 0 Å². The lowest BCUT2D eigenvalue weighted by atomic mass is 9.74. The van der Waals surface area contributed by atoms with Gasteiger partial charge < -0.3 is 4.74 Å². The van der Waals surface area contributed by atoms with Crippen LogP contribution in [-0.4, -0.2) is 13.2 Å². The third kappa shape index (κ3) is 9.85. The van der Waals surface area contributed by atoms with Crippen molar-refractivity contribution in [3.05, 3.63) is 23.3 Å². The van der Waals surface area contributed by atoms with Crippen LogP contribution in [-0.2, 0) is 4.74 Å². The second kappa shape index (κ2) is 15.3. The second-order valence-electron chi connectivity index (χ2n) is 14.7. The molecule has 2 saturated carbocycles. The van der Waals surface area contributed by atoms with E-state index in [-0.39, 0.29) is 0 Å². The molecule has 212 valence electrons. The summed E-state index contributed by atoms with van der Waals surface area (Å²) in [7, 11) is 0. The molecule has 0 spiro atoms. The van der Waals surface area contributed by atoms with E-state index in [1.54, 1.807) is 11.1 Å². The second-order valence-corrected chi connectivity index (χ2v) is 14.7. The molecule has 37 heavy (non-hydrogen) atoms. The van der Waals surface area contributed by atoms with Gasteiger partial charge in [-0.1, -0.05) is 78.4 Å². The minimum atomic E-state index is 0.881. The minimum Gasteiger partial charge on any atom is -0.373 e. The first-order valence-corrected chi connectivity index (χ1v) is 16.9. The van der Waals surface area contributed by atoms with Crippen LogP contribution < -0.4 is 0 Å². The van der Waals surface area contributed by atoms with E-state index in [0.29, 0.717) is 0 Å². The smallest absolute Gasteiger partial charge is 0.0681 e. The van der Waals surface area contributed by atoms with E-state index in [1.807, 2.05) is 0 Å². The van der Waals surface area contributed by atoms with Gasteiger partial charge in [-0.05, 0) is 136 Å². The molecule has 0 bridgehead atoms. The number of hydrogen-bond donors (Lipinski definition) is 0. The third-order valence-corrected chi connectivity index (χ3v) is 11.4. The van der Waals surface area contributed by atoms with Gasteiger partial charge in [0, 0.05) is 0 Å². The van der Waals surface area contributed by atoms with Crippen molar-refractivity contribution in [2.45, 2.75) is 143 Å². The molecule has 0 saturated heterocycles. The molecule has 0 aromatic carbocycles. The quantitative estimate of drug-likeness (QED) is 0.237. The number of ether oxygens (including phenoxy) is 1. The summed E-state index contributed by atoms with van der Waals surface area (Å²) < 4.78 is 6.22. The molecule has 1 heteroatoms. The molecule has 4 aliphatic rings. The molecule has 4 aliphatic carbocycles. The summed E-state index contributed by atoms with van der Waals surface area (Å²) in [5.41, 5.74) is 3.16. The summed E-state index contributed by atoms with van der Waals surface area (Å²) in [6, 6.07) is 0. The predicted molar refractivity (Wildman–Crippen MR) is 161 cm³/mol. The van der Waals surface area contributed by atoms with E-state index >= 15 is 0 Å². The Morgan fingerprint density at radius 3 is 1.24 bits per heavy atom. The van der Waals surface area contributed by atoms with Crippen LogP contribution in [0.1, 0.15) is 143 Å². The Balaban J connectivity index is 1.03. The fourth-order valence-corrected chi connectivity index (χ4v) is 8.22. The van der Waals surface area contributed by atoms with Crippen LogP contribution >= 0.6 is 0 Å². The Labute approximate surface area is 231 Å². The molecule has 0 radical (unpaired) electrons. The molecule has 0 aromatic heterocycles. The Hall–Kier alpha value is -0.560. The van der Waals surface area contributed by atoms with Crippen molar-refractivity contribution in [3.8, 4) is 0 Å². The molecule has 0 aromatic rings. The van der Waals surface area contributed by atoms with Crippen LogP contribution in [0.25, 0.3) is 0 Å². The summed E-state index contributed by atoms with van der Waals surface area (Å²) in [4.78, 5) is 0. The highest BCUT2D eigenvalue weighted by Crippen LogP contribution is 2.39. The molecule has 0 N–H and O–H groups in total. The van der Waals surface area contributed by atoms with E-state index < -0.39 is 0 Å². The average Bonchev–Trinajstić information content (AvgIpc) is 2.92. The van der Waals surface area contributed by atoms with Gasteiger partial charge in [-0.15, -0.1) is 0 Å². The van der Waals surface area contributed by atoms with Crippen molar-refractivity contribution >= 4 is 0 Å². The highest BCUT2D eigenvalue weighted by atomic mass is 16.5. The summed E-state index contributed by atoms with van der Waals surface area (Å²) in [5, 5.41) is 0. The highest BCUT2D eigenvalue weighted by Gasteiger charge is 2.26. The first kappa shape index (κ1) is 29.4. The van der Waals surface area contributed by atoms with Crippen LogP contribution in [0.4, 0.5) is 0 Å². The summed E-state index contributed by atoms with van der Waals surface area (Å²) >= 11 is 0. The maximum absolute atomic E-state index is 6.22. The van der Waals surface area contributed by atoms with Crippen LogP contribution in [0.5, 0.6) is 0 Å². The van der Waals surface area contributed by atoms with Gasteiger partial charge in [0.05, 0.1) is 13.2 Å². The molecule has 0 heterocycles. The zero-order valence-corrected chi connectivity index (χ0v) is 25.3. The van der Waals surface area contributed by atoms with Gasteiger partial charge in [-0.3, -0.25) is 0 Å². The number of allylic oxidation sites excluding steroid dienone is 2. The largest absolute Gasteiger partial charge is 0.373 e. The molecular formula is C36H62O. The fraction of sp³-hybridized carbons (Fsp3) is 0.889. The van der Waals surface area contributed by atoms with Gasteiger partial charge in [0.15, 0.2) is 0 Å². The van der Waals surface area contributed by atoms with E-state index in [2.05, 4.69) is 39.8 Å². The zero-order chi connectivity index (χ0) is 26.0. The van der Waals surface area contributed by atoms with Crippen molar-refractivity contribution in [1.29, 1.82) is 0 Å². The van der Waals surface area contributed by atoms with E-state index in [9.17, 15) is 0 Å². The predicted octanol–water partition coefficient (Wildman–Crippen LogP) is 10.9. The maximum Gasteiger partial charge on any atom is 0.0681 e. The van der Waals surface area contributed by atoms with Crippen LogP contribution in [0.15, 0.2) is 23.3 Å². The van der Waals surface area contributed by atoms with Crippen molar-refractivity contribution in [2.24, 2.45) is 47.3 Å². The standard InChI is InChI=1S/C36H62O/c1-27(2)35-21-17-31(18-22-35)7-5-29-9-13-33(14-10-29)25-37-26-34-15-11-30(12-16-34)6-8-32-19-23-36(24-20-32)28(3)4/h13,15,27-32,35-36H,5-12,14,16-26H2,1-4H3. The molecule has 2 unspecified atom stereocenters. The van der Waals surface area contributed by atoms with Crippen LogP contribution in [0.2, 0.25) is 0 Å². The summed E-state index contributed by atoms with van der Waals surface area (Å²) in [6.07, 6.45) is 31.0. The first-order valence-electron chi connectivity index (χ1n) is 16.9. The van der Waals surface area contributed by atoms with Crippen LogP contribution in [0.3, 0.4) is 0 Å². The monoisotopic (exact) mass is 510 g/mol. The molecule has 0 amide bonds. The Morgan fingerprint density at radius 2 is 0.919 bits per heavy atom. The lowest BCUT2D eigenvalue weighted by molar-refractivity contribution is 0.168. The Kier molecular flexibility index (Phi) is 12.2. The molecule has 4 rings (SSSR count). The maximum atomic E-state index is 6.22. The van der Waals surface area contributed by atoms with E-state index in [0.717, 1.165) is 60.6 Å². The van der Waals surface area contributed by atoms with Gasteiger partial charge in [-0.2, -0.15) is 0 Å². The number of rotatable bonds is 12. The Bertz CT molecular complexity index is 638. The van der Waals surface area contributed by atoms with Gasteiger partial charge in [0.25, 0.3) is 0 Å². The normalized spacial score (nSPS) is 33.5. The fourth-order valence-electron chi connectivity index (χ4n) is 8.22. The topological polar surface area (TPSA) is 9.23 Å². The Morgan fingerprint density at radius 1 is 0.541 bits per heavy atom. The van der Waals surface area contributed by atoms with Crippen LogP contribution in [0, 0.1) is 47.3 Å². The molecule has 0 aliphatic heterocycles. The molecule has 2 atom stereocenters. The van der Waals surface area contributed by atoms with Crippen molar-refractivity contribution in [2.75, 3.05) is 13.2 Å². The SMILES string of the molecule is CC(C)C1CCC(CCC2CC=C(COCC3=CCC(CCC4CCC(C(C)C)CC4)CC3)CC2)CC1. The van der Waals surface area contributed by atoms with E-state index in [1.165, 1.54) is 116 Å². The summed E-state index contributed by atoms with van der Waals surface area (Å²) in [5.74, 6) is 7.73.